The predicted octanol–water partition coefficient (Wildman–Crippen LogP) is 0.731. The summed E-state index contributed by atoms with van der Waals surface area (Å²) in [6.07, 6.45) is 6.31. The van der Waals surface area contributed by atoms with E-state index in [0.29, 0.717) is 23.7 Å². The second-order valence-corrected chi connectivity index (χ2v) is 4.27. The maximum Gasteiger partial charge on any atom is 0.270 e. The Hall–Kier alpha value is -2.83. The summed E-state index contributed by atoms with van der Waals surface area (Å²) in [6.45, 7) is 0.586. The zero-order valence-electron chi connectivity index (χ0n) is 10.8. The Bertz CT molecular complexity index is 799. The lowest BCUT2D eigenvalue weighted by Gasteiger charge is -2.07. The van der Waals surface area contributed by atoms with E-state index in [0.717, 1.165) is 5.56 Å². The van der Waals surface area contributed by atoms with E-state index in [9.17, 15) is 4.79 Å². The van der Waals surface area contributed by atoms with Crippen LogP contribution in [-0.2, 0) is 13.6 Å². The molecule has 3 rings (SSSR count). The van der Waals surface area contributed by atoms with E-state index >= 15 is 0 Å². The Kier molecular flexibility index (Phi) is 3.08. The van der Waals surface area contributed by atoms with Gasteiger partial charge in [-0.2, -0.15) is 4.98 Å². The molecule has 3 aromatic heterocycles. The molecule has 100 valence electrons. The zero-order valence-corrected chi connectivity index (χ0v) is 10.8. The molecule has 0 aliphatic heterocycles. The fourth-order valence-electron chi connectivity index (χ4n) is 1.79. The van der Waals surface area contributed by atoms with E-state index in [-0.39, 0.29) is 5.56 Å². The van der Waals surface area contributed by atoms with Crippen LogP contribution < -0.4 is 10.9 Å². The van der Waals surface area contributed by atoms with Crippen molar-refractivity contribution in [2.75, 3.05) is 5.32 Å². The van der Waals surface area contributed by atoms with E-state index in [4.69, 9.17) is 0 Å². The number of nitrogens with one attached hydrogen (secondary N) is 1. The van der Waals surface area contributed by atoms with Crippen LogP contribution in [0.3, 0.4) is 0 Å². The summed E-state index contributed by atoms with van der Waals surface area (Å²) in [5, 5.41) is 3.11. The third kappa shape index (κ3) is 2.33. The molecule has 0 atom stereocenters. The molecule has 0 saturated carbocycles. The van der Waals surface area contributed by atoms with Crippen LogP contribution >= 0.6 is 0 Å². The van der Waals surface area contributed by atoms with Gasteiger partial charge in [-0.1, -0.05) is 0 Å². The van der Waals surface area contributed by atoms with Gasteiger partial charge >= 0.3 is 0 Å². The van der Waals surface area contributed by atoms with Gasteiger partial charge in [-0.3, -0.25) is 14.3 Å². The van der Waals surface area contributed by atoms with Crippen molar-refractivity contribution in [1.29, 1.82) is 0 Å². The Morgan fingerprint density at radius 2 is 2.00 bits per heavy atom. The Morgan fingerprint density at radius 1 is 1.20 bits per heavy atom. The third-order valence-electron chi connectivity index (χ3n) is 2.91. The highest BCUT2D eigenvalue weighted by Gasteiger charge is 2.05. The molecule has 7 nitrogen and oxygen atoms in total. The number of nitrogens with zero attached hydrogens (tertiary/aromatic N) is 5. The average molecular weight is 268 g/mol. The van der Waals surface area contributed by atoms with Crippen molar-refractivity contribution >= 4 is 17.1 Å². The molecule has 0 saturated heterocycles. The summed E-state index contributed by atoms with van der Waals surface area (Å²) in [7, 11) is 1.66. The molecular weight excluding hydrogens is 256 g/mol. The van der Waals surface area contributed by atoms with Crippen molar-refractivity contribution in [3.05, 3.63) is 52.8 Å². The number of rotatable bonds is 3. The first kappa shape index (κ1) is 12.2. The quantitative estimate of drug-likeness (QED) is 0.753. The first-order valence-corrected chi connectivity index (χ1v) is 6.05. The van der Waals surface area contributed by atoms with Gasteiger partial charge in [0.15, 0.2) is 5.65 Å². The number of pyridine rings is 1. The third-order valence-corrected chi connectivity index (χ3v) is 2.91. The van der Waals surface area contributed by atoms with Crippen molar-refractivity contribution in [1.82, 2.24) is 24.5 Å². The summed E-state index contributed by atoms with van der Waals surface area (Å²) in [5.41, 5.74) is 1.96. The molecule has 0 bridgehead atoms. The number of anilines is 1. The minimum atomic E-state index is -0.198. The molecule has 0 spiro atoms. The van der Waals surface area contributed by atoms with Crippen LogP contribution in [-0.4, -0.2) is 24.5 Å². The number of fused-ring (bicyclic) bond motifs is 1. The highest BCUT2D eigenvalue weighted by Crippen LogP contribution is 2.08. The molecule has 0 radical (unpaired) electrons. The molecule has 0 fully saturated rings. The SMILES string of the molecule is Cn1c(=O)cnc2cnc(NCc3ccncc3)nc21. The number of aromatic nitrogens is 5. The molecule has 1 N–H and O–H groups in total. The Labute approximate surface area is 114 Å². The fourth-order valence-corrected chi connectivity index (χ4v) is 1.79. The first-order valence-electron chi connectivity index (χ1n) is 6.05. The lowest BCUT2D eigenvalue weighted by molar-refractivity contribution is 0.867. The topological polar surface area (TPSA) is 85.6 Å². The van der Waals surface area contributed by atoms with Crippen LogP contribution in [0.15, 0.2) is 41.7 Å². The van der Waals surface area contributed by atoms with Gasteiger partial charge in [0.05, 0.1) is 12.4 Å². The van der Waals surface area contributed by atoms with Crippen molar-refractivity contribution in [2.45, 2.75) is 6.54 Å². The Balaban J connectivity index is 1.89. The largest absolute Gasteiger partial charge is 0.350 e. The smallest absolute Gasteiger partial charge is 0.270 e. The van der Waals surface area contributed by atoms with Gasteiger partial charge in [-0.25, -0.2) is 9.97 Å². The van der Waals surface area contributed by atoms with Crippen molar-refractivity contribution in [2.24, 2.45) is 7.05 Å². The highest BCUT2D eigenvalue weighted by molar-refractivity contribution is 5.69. The maximum absolute atomic E-state index is 11.5. The van der Waals surface area contributed by atoms with Crippen LogP contribution in [0.25, 0.3) is 11.2 Å². The van der Waals surface area contributed by atoms with Gasteiger partial charge in [-0.05, 0) is 17.7 Å². The molecule has 7 heteroatoms. The minimum absolute atomic E-state index is 0.198. The zero-order chi connectivity index (χ0) is 13.9. The maximum atomic E-state index is 11.5. The molecule has 0 aliphatic carbocycles. The van der Waals surface area contributed by atoms with Gasteiger partial charge in [0.2, 0.25) is 5.95 Å². The van der Waals surface area contributed by atoms with Crippen LogP contribution in [0, 0.1) is 0 Å². The first-order chi connectivity index (χ1) is 9.74. The minimum Gasteiger partial charge on any atom is -0.350 e. The standard InChI is InChI=1S/C13H12N6O/c1-19-11(20)8-15-10-7-17-13(18-12(10)19)16-6-9-2-4-14-5-3-9/h2-5,7-8H,6H2,1H3,(H,16,17,18). The van der Waals surface area contributed by atoms with Gasteiger partial charge in [0.25, 0.3) is 5.56 Å². The Morgan fingerprint density at radius 3 is 2.80 bits per heavy atom. The summed E-state index contributed by atoms with van der Waals surface area (Å²) in [4.78, 5) is 28.0. The second-order valence-electron chi connectivity index (χ2n) is 4.27. The van der Waals surface area contributed by atoms with E-state index in [1.807, 2.05) is 12.1 Å². The van der Waals surface area contributed by atoms with Crippen molar-refractivity contribution in [3.63, 3.8) is 0 Å². The number of aryl methyl sites for hydroxylation is 1. The van der Waals surface area contributed by atoms with Crippen molar-refractivity contribution < 1.29 is 0 Å². The normalized spacial score (nSPS) is 10.7. The molecule has 0 aromatic carbocycles. The lowest BCUT2D eigenvalue weighted by atomic mass is 10.3. The monoisotopic (exact) mass is 268 g/mol. The molecule has 3 aromatic rings. The molecule has 3 heterocycles. The summed E-state index contributed by atoms with van der Waals surface area (Å²) in [5.74, 6) is 0.456. The molecule has 0 amide bonds. The number of hydrogen-bond acceptors (Lipinski definition) is 6. The summed E-state index contributed by atoms with van der Waals surface area (Å²) < 4.78 is 1.45. The van der Waals surface area contributed by atoms with E-state index in [1.165, 1.54) is 10.8 Å². The molecule has 0 aliphatic rings. The van der Waals surface area contributed by atoms with E-state index in [1.54, 1.807) is 25.6 Å². The highest BCUT2D eigenvalue weighted by atomic mass is 16.1. The van der Waals surface area contributed by atoms with Crippen LogP contribution in [0.5, 0.6) is 0 Å². The molecular formula is C13H12N6O. The van der Waals surface area contributed by atoms with Gasteiger partial charge in [-0.15, -0.1) is 0 Å². The average Bonchev–Trinajstić information content (AvgIpc) is 2.50. The van der Waals surface area contributed by atoms with Crippen LogP contribution in [0.4, 0.5) is 5.95 Å². The van der Waals surface area contributed by atoms with Crippen LogP contribution in [0.2, 0.25) is 0 Å². The predicted molar refractivity (Wildman–Crippen MR) is 74.1 cm³/mol. The van der Waals surface area contributed by atoms with Gasteiger partial charge in [0.1, 0.15) is 5.52 Å². The molecule has 0 unspecified atom stereocenters. The van der Waals surface area contributed by atoms with E-state index in [2.05, 4.69) is 25.3 Å². The summed E-state index contributed by atoms with van der Waals surface area (Å²) in [6, 6.07) is 3.82. The second kappa shape index (κ2) is 5.04. The van der Waals surface area contributed by atoms with Crippen LogP contribution in [0.1, 0.15) is 5.56 Å². The van der Waals surface area contributed by atoms with Gasteiger partial charge < -0.3 is 5.32 Å². The van der Waals surface area contributed by atoms with Crippen molar-refractivity contribution in [3.8, 4) is 0 Å². The van der Waals surface area contributed by atoms with E-state index < -0.39 is 0 Å². The lowest BCUT2D eigenvalue weighted by Crippen LogP contribution is -2.18. The van der Waals surface area contributed by atoms with Gasteiger partial charge in [0, 0.05) is 26.0 Å². The number of hydrogen-bond donors (Lipinski definition) is 1. The summed E-state index contributed by atoms with van der Waals surface area (Å²) >= 11 is 0. The fraction of sp³-hybridized carbons (Fsp3) is 0.154. The molecule has 20 heavy (non-hydrogen) atoms.